The zero-order valence-corrected chi connectivity index (χ0v) is 11.3. The maximum absolute atomic E-state index is 12.5. The van der Waals surface area contributed by atoms with Crippen molar-refractivity contribution in [1.82, 2.24) is 15.2 Å². The van der Waals surface area contributed by atoms with Gasteiger partial charge in [-0.05, 0) is 33.2 Å². The van der Waals surface area contributed by atoms with Gasteiger partial charge in [-0.1, -0.05) is 0 Å². The second-order valence-electron chi connectivity index (χ2n) is 4.74. The van der Waals surface area contributed by atoms with Crippen molar-refractivity contribution < 1.29 is 9.21 Å². The number of carbonyl (C=O) groups excluding carboxylic acids is 1. The molecule has 0 saturated carbocycles. The highest BCUT2D eigenvalue weighted by molar-refractivity contribution is 5.92. The second-order valence-corrected chi connectivity index (χ2v) is 4.74. The molecule has 1 unspecified atom stereocenters. The van der Waals surface area contributed by atoms with E-state index in [2.05, 4.69) is 10.3 Å². The normalized spacial score (nSPS) is 19.8. The first kappa shape index (κ1) is 13.1. The molecule has 1 aliphatic heterocycles. The highest BCUT2D eigenvalue weighted by Gasteiger charge is 2.28. The van der Waals surface area contributed by atoms with E-state index >= 15 is 0 Å². The van der Waals surface area contributed by atoms with Crippen molar-refractivity contribution in [3.05, 3.63) is 17.3 Å². The van der Waals surface area contributed by atoms with Gasteiger partial charge in [-0.15, -0.1) is 0 Å². The number of rotatable bonds is 3. The first-order valence-electron chi connectivity index (χ1n) is 6.59. The predicted octanol–water partition coefficient (Wildman–Crippen LogP) is 1.51. The first-order chi connectivity index (χ1) is 8.63. The molecule has 1 aromatic rings. The lowest BCUT2D eigenvalue weighted by Gasteiger charge is -2.33. The number of likely N-dealkylation sites (N-methyl/N-ethyl adjacent to an activating group) is 1. The van der Waals surface area contributed by atoms with Crippen LogP contribution in [0.4, 0.5) is 0 Å². The molecule has 18 heavy (non-hydrogen) atoms. The third kappa shape index (κ3) is 2.56. The Hall–Kier alpha value is -1.36. The van der Waals surface area contributed by atoms with Gasteiger partial charge in [-0.3, -0.25) is 4.79 Å². The molecule has 100 valence electrons. The summed E-state index contributed by atoms with van der Waals surface area (Å²) in [5, 5.41) is 3.34. The molecule has 1 aromatic heterocycles. The molecular formula is C13H21N3O2. The van der Waals surface area contributed by atoms with Gasteiger partial charge >= 0.3 is 0 Å². The lowest BCUT2D eigenvalue weighted by Crippen LogP contribution is -2.48. The van der Waals surface area contributed by atoms with Crippen LogP contribution in [0.15, 0.2) is 4.42 Å². The fraction of sp³-hybridized carbons (Fsp3) is 0.692. The number of carbonyl (C=O) groups is 1. The number of aromatic nitrogens is 1. The molecule has 0 aliphatic carbocycles. The Labute approximate surface area is 108 Å². The number of hydrogen-bond donors (Lipinski definition) is 1. The molecule has 5 nitrogen and oxygen atoms in total. The second kappa shape index (κ2) is 5.52. The van der Waals surface area contributed by atoms with E-state index in [0.29, 0.717) is 23.9 Å². The third-order valence-electron chi connectivity index (χ3n) is 3.41. The van der Waals surface area contributed by atoms with E-state index in [1.807, 2.05) is 18.7 Å². The molecule has 0 radical (unpaired) electrons. The van der Waals surface area contributed by atoms with Gasteiger partial charge in [0, 0.05) is 26.1 Å². The topological polar surface area (TPSA) is 58.4 Å². The summed E-state index contributed by atoms with van der Waals surface area (Å²) in [7, 11) is 0. The Morgan fingerprint density at radius 1 is 1.56 bits per heavy atom. The van der Waals surface area contributed by atoms with Crippen LogP contribution in [0.5, 0.6) is 0 Å². The summed E-state index contributed by atoms with van der Waals surface area (Å²) >= 11 is 0. The molecule has 1 fully saturated rings. The van der Waals surface area contributed by atoms with Crippen molar-refractivity contribution in [2.75, 3.05) is 19.6 Å². The Bertz CT molecular complexity index is 422. The van der Waals surface area contributed by atoms with Crippen molar-refractivity contribution in [3.63, 3.8) is 0 Å². The number of hydrogen-bond acceptors (Lipinski definition) is 4. The minimum Gasteiger partial charge on any atom is -0.436 e. The summed E-state index contributed by atoms with van der Waals surface area (Å²) in [6.07, 6.45) is 2.17. The molecule has 5 heteroatoms. The van der Waals surface area contributed by atoms with E-state index in [0.717, 1.165) is 25.9 Å². The summed E-state index contributed by atoms with van der Waals surface area (Å²) in [6.45, 7) is 8.20. The number of aryl methyl sites for hydroxylation is 2. The average molecular weight is 251 g/mol. The Balaban J connectivity index is 2.16. The molecule has 0 spiro atoms. The highest BCUT2D eigenvalue weighted by atomic mass is 16.4. The van der Waals surface area contributed by atoms with Gasteiger partial charge in [0.15, 0.2) is 5.89 Å². The number of oxazole rings is 1. The predicted molar refractivity (Wildman–Crippen MR) is 68.6 cm³/mol. The maximum Gasteiger partial charge on any atom is 0.291 e. The molecular weight excluding hydrogens is 230 g/mol. The highest BCUT2D eigenvalue weighted by Crippen LogP contribution is 2.17. The molecule has 1 atom stereocenters. The summed E-state index contributed by atoms with van der Waals surface area (Å²) in [4.78, 5) is 18.5. The Morgan fingerprint density at radius 2 is 2.33 bits per heavy atom. The summed E-state index contributed by atoms with van der Waals surface area (Å²) in [6, 6.07) is 0.265. The van der Waals surface area contributed by atoms with E-state index in [1.165, 1.54) is 0 Å². The first-order valence-corrected chi connectivity index (χ1v) is 6.59. The quantitative estimate of drug-likeness (QED) is 0.884. The molecule has 0 aromatic carbocycles. The smallest absolute Gasteiger partial charge is 0.291 e. The standard InChI is InChI=1S/C13H21N3O2/c1-4-16(11-6-5-7-14-8-11)13(17)12-9(2)15-10(3)18-12/h11,14H,4-8H2,1-3H3. The fourth-order valence-electron chi connectivity index (χ4n) is 2.53. The van der Waals surface area contributed by atoms with Crippen molar-refractivity contribution in [2.24, 2.45) is 0 Å². The fourth-order valence-corrected chi connectivity index (χ4v) is 2.53. The maximum atomic E-state index is 12.5. The van der Waals surface area contributed by atoms with Crippen LogP contribution >= 0.6 is 0 Å². The van der Waals surface area contributed by atoms with Crippen molar-refractivity contribution in [1.29, 1.82) is 0 Å². The van der Waals surface area contributed by atoms with Crippen LogP contribution in [0.1, 0.15) is 41.9 Å². The average Bonchev–Trinajstić information content (AvgIpc) is 2.70. The number of nitrogens with zero attached hydrogens (tertiary/aromatic N) is 2. The van der Waals surface area contributed by atoms with Crippen LogP contribution in [0.25, 0.3) is 0 Å². The Kier molecular flexibility index (Phi) is 4.01. The van der Waals surface area contributed by atoms with E-state index in [-0.39, 0.29) is 11.9 Å². The molecule has 1 amide bonds. The van der Waals surface area contributed by atoms with Crippen molar-refractivity contribution in [3.8, 4) is 0 Å². The summed E-state index contributed by atoms with van der Waals surface area (Å²) < 4.78 is 5.43. The molecule has 2 rings (SSSR count). The van der Waals surface area contributed by atoms with Gasteiger partial charge in [-0.25, -0.2) is 4.98 Å². The SMILES string of the molecule is CCN(C(=O)c1oc(C)nc1C)C1CCCNC1. The van der Waals surface area contributed by atoms with Crippen LogP contribution in [-0.4, -0.2) is 41.5 Å². The van der Waals surface area contributed by atoms with E-state index in [9.17, 15) is 4.79 Å². The lowest BCUT2D eigenvalue weighted by atomic mass is 10.1. The minimum atomic E-state index is -0.0377. The zero-order valence-electron chi connectivity index (χ0n) is 11.3. The van der Waals surface area contributed by atoms with E-state index < -0.39 is 0 Å². The van der Waals surface area contributed by atoms with Crippen LogP contribution in [-0.2, 0) is 0 Å². The molecule has 0 bridgehead atoms. The number of nitrogens with one attached hydrogen (secondary N) is 1. The Morgan fingerprint density at radius 3 is 2.83 bits per heavy atom. The monoisotopic (exact) mass is 251 g/mol. The van der Waals surface area contributed by atoms with Crippen LogP contribution in [0.3, 0.4) is 0 Å². The molecule has 1 N–H and O–H groups in total. The van der Waals surface area contributed by atoms with Crippen molar-refractivity contribution >= 4 is 5.91 Å². The van der Waals surface area contributed by atoms with Crippen LogP contribution < -0.4 is 5.32 Å². The van der Waals surface area contributed by atoms with Gasteiger partial charge in [0.25, 0.3) is 5.91 Å². The minimum absolute atomic E-state index is 0.0377. The van der Waals surface area contributed by atoms with Crippen molar-refractivity contribution in [2.45, 2.75) is 39.7 Å². The zero-order chi connectivity index (χ0) is 13.1. The van der Waals surface area contributed by atoms with Gasteiger partial charge in [0.05, 0.1) is 5.69 Å². The molecule has 2 heterocycles. The van der Waals surface area contributed by atoms with Gasteiger partial charge in [0.1, 0.15) is 0 Å². The van der Waals surface area contributed by atoms with E-state index in [4.69, 9.17) is 4.42 Å². The molecule has 1 aliphatic rings. The number of amides is 1. The summed E-state index contributed by atoms with van der Waals surface area (Å²) in [5.74, 6) is 0.901. The van der Waals surface area contributed by atoms with E-state index in [1.54, 1.807) is 6.92 Å². The molecule has 1 saturated heterocycles. The van der Waals surface area contributed by atoms with Gasteiger partial charge in [0.2, 0.25) is 5.76 Å². The third-order valence-corrected chi connectivity index (χ3v) is 3.41. The van der Waals surface area contributed by atoms with Crippen LogP contribution in [0, 0.1) is 13.8 Å². The van der Waals surface area contributed by atoms with Gasteiger partial charge in [-0.2, -0.15) is 0 Å². The summed E-state index contributed by atoms with van der Waals surface area (Å²) in [5.41, 5.74) is 0.680. The number of piperidine rings is 1. The van der Waals surface area contributed by atoms with Crippen LogP contribution in [0.2, 0.25) is 0 Å². The van der Waals surface area contributed by atoms with Gasteiger partial charge < -0.3 is 14.6 Å². The largest absolute Gasteiger partial charge is 0.436 e. The lowest BCUT2D eigenvalue weighted by molar-refractivity contribution is 0.0627.